The van der Waals surface area contributed by atoms with Crippen molar-refractivity contribution in [2.45, 2.75) is 38.2 Å². The molecule has 2 atom stereocenters. The first kappa shape index (κ1) is 16.5. The van der Waals surface area contributed by atoms with Crippen LogP contribution < -0.4 is 5.32 Å². The van der Waals surface area contributed by atoms with Crippen LogP contribution in [0.1, 0.15) is 38.1 Å². The molecule has 1 heterocycles. The number of hydrogen-bond donors (Lipinski definition) is 1. The molecule has 1 fully saturated rings. The predicted molar refractivity (Wildman–Crippen MR) is 78.5 cm³/mol. The highest BCUT2D eigenvalue weighted by Crippen LogP contribution is 2.39. The van der Waals surface area contributed by atoms with Gasteiger partial charge in [-0.1, -0.05) is 17.3 Å². The molecule has 0 saturated heterocycles. The summed E-state index contributed by atoms with van der Waals surface area (Å²) in [7, 11) is 0. The fourth-order valence-electron chi connectivity index (χ4n) is 2.72. The molecule has 0 radical (unpaired) electrons. The summed E-state index contributed by atoms with van der Waals surface area (Å²) in [5, 5.41) is 6.36. The SMILES string of the molecule is CC(NC(=O)C1CCC(F)(F)C1)c1nc(-c2cccc(F)c2)no1. The minimum atomic E-state index is -2.78. The van der Waals surface area contributed by atoms with Gasteiger partial charge in [-0.05, 0) is 25.5 Å². The number of halogens is 3. The van der Waals surface area contributed by atoms with Gasteiger partial charge in [0.25, 0.3) is 0 Å². The van der Waals surface area contributed by atoms with E-state index in [1.54, 1.807) is 13.0 Å². The van der Waals surface area contributed by atoms with Crippen LogP contribution in [0.4, 0.5) is 13.2 Å². The average Bonchev–Trinajstić information content (AvgIpc) is 3.14. The van der Waals surface area contributed by atoms with Crippen LogP contribution in [0.15, 0.2) is 28.8 Å². The maximum absolute atomic E-state index is 13.2. The van der Waals surface area contributed by atoms with Crippen LogP contribution in [-0.4, -0.2) is 22.0 Å². The third kappa shape index (κ3) is 3.58. The average molecular weight is 339 g/mol. The lowest BCUT2D eigenvalue weighted by Gasteiger charge is -2.14. The normalized spacial score (nSPS) is 20.8. The Bertz CT molecular complexity index is 748. The van der Waals surface area contributed by atoms with E-state index in [0.29, 0.717) is 5.56 Å². The molecular weight excluding hydrogens is 323 g/mol. The number of carbonyl (C=O) groups excluding carboxylic acids is 1. The maximum atomic E-state index is 13.2. The highest BCUT2D eigenvalue weighted by Gasteiger charge is 2.42. The fourth-order valence-corrected chi connectivity index (χ4v) is 2.72. The summed E-state index contributed by atoms with van der Waals surface area (Å²) in [6, 6.07) is 5.08. The van der Waals surface area contributed by atoms with E-state index in [9.17, 15) is 18.0 Å². The monoisotopic (exact) mass is 339 g/mol. The number of amides is 1. The van der Waals surface area contributed by atoms with Crippen LogP contribution in [0.2, 0.25) is 0 Å². The summed E-state index contributed by atoms with van der Waals surface area (Å²) in [5.41, 5.74) is 0.443. The Morgan fingerprint density at radius 3 is 2.92 bits per heavy atom. The van der Waals surface area contributed by atoms with Gasteiger partial charge < -0.3 is 9.84 Å². The lowest BCUT2D eigenvalue weighted by Crippen LogP contribution is -2.32. The van der Waals surface area contributed by atoms with Gasteiger partial charge in [-0.2, -0.15) is 4.98 Å². The first-order valence-electron chi connectivity index (χ1n) is 7.62. The van der Waals surface area contributed by atoms with Gasteiger partial charge in [0, 0.05) is 24.3 Å². The number of hydrogen-bond acceptors (Lipinski definition) is 4. The molecule has 1 aliphatic rings. The molecule has 1 saturated carbocycles. The van der Waals surface area contributed by atoms with Crippen molar-refractivity contribution in [2.24, 2.45) is 5.92 Å². The van der Waals surface area contributed by atoms with Crippen molar-refractivity contribution in [3.63, 3.8) is 0 Å². The first-order chi connectivity index (χ1) is 11.3. The fraction of sp³-hybridized carbons (Fsp3) is 0.438. The summed E-state index contributed by atoms with van der Waals surface area (Å²) >= 11 is 0. The van der Waals surface area contributed by atoms with Gasteiger partial charge in [0.15, 0.2) is 0 Å². The zero-order valence-corrected chi connectivity index (χ0v) is 12.9. The molecule has 2 aromatic rings. The third-order valence-electron chi connectivity index (χ3n) is 4.03. The van der Waals surface area contributed by atoms with Gasteiger partial charge in [-0.15, -0.1) is 0 Å². The molecule has 1 N–H and O–H groups in total. The molecule has 0 spiro atoms. The molecule has 24 heavy (non-hydrogen) atoms. The standard InChI is InChI=1S/C16H16F3N3O2/c1-9(20-14(23)11-5-6-16(18,19)8-11)15-21-13(22-24-15)10-3-2-4-12(17)7-10/h2-4,7,9,11H,5-6,8H2,1H3,(H,20,23). The second-order valence-corrected chi connectivity index (χ2v) is 5.99. The van der Waals surface area contributed by atoms with E-state index in [4.69, 9.17) is 4.52 Å². The largest absolute Gasteiger partial charge is 0.344 e. The number of nitrogens with one attached hydrogen (secondary N) is 1. The lowest BCUT2D eigenvalue weighted by molar-refractivity contribution is -0.126. The van der Waals surface area contributed by atoms with Crippen molar-refractivity contribution < 1.29 is 22.5 Å². The van der Waals surface area contributed by atoms with E-state index in [1.807, 2.05) is 0 Å². The number of nitrogens with zero attached hydrogens (tertiary/aromatic N) is 2. The summed E-state index contributed by atoms with van der Waals surface area (Å²) in [6.45, 7) is 1.62. The van der Waals surface area contributed by atoms with E-state index in [0.717, 1.165) is 0 Å². The lowest BCUT2D eigenvalue weighted by atomic mass is 10.1. The first-order valence-corrected chi connectivity index (χ1v) is 7.62. The Labute approximate surface area is 136 Å². The topological polar surface area (TPSA) is 68.0 Å². The number of carbonyl (C=O) groups is 1. The van der Waals surface area contributed by atoms with Crippen LogP contribution >= 0.6 is 0 Å². The Kier molecular flexibility index (Phi) is 4.29. The van der Waals surface area contributed by atoms with Gasteiger partial charge in [-0.25, -0.2) is 13.2 Å². The number of alkyl halides is 2. The van der Waals surface area contributed by atoms with E-state index in [1.165, 1.54) is 18.2 Å². The molecule has 1 aromatic carbocycles. The van der Waals surface area contributed by atoms with Crippen molar-refractivity contribution in [1.29, 1.82) is 0 Å². The molecule has 8 heteroatoms. The Morgan fingerprint density at radius 2 is 2.25 bits per heavy atom. The molecule has 1 aliphatic carbocycles. The highest BCUT2D eigenvalue weighted by atomic mass is 19.3. The van der Waals surface area contributed by atoms with Crippen molar-refractivity contribution in [3.05, 3.63) is 36.0 Å². The number of aromatic nitrogens is 2. The van der Waals surface area contributed by atoms with Crippen molar-refractivity contribution in [2.75, 3.05) is 0 Å². The molecule has 1 amide bonds. The van der Waals surface area contributed by atoms with Crippen molar-refractivity contribution >= 4 is 5.91 Å². The second-order valence-electron chi connectivity index (χ2n) is 5.99. The summed E-state index contributed by atoms with van der Waals surface area (Å²) in [6.07, 6.45) is -0.558. The van der Waals surface area contributed by atoms with Crippen molar-refractivity contribution in [3.8, 4) is 11.4 Å². The molecule has 3 rings (SSSR count). The van der Waals surface area contributed by atoms with Crippen LogP contribution in [0, 0.1) is 11.7 Å². The minimum Gasteiger partial charge on any atom is -0.344 e. The maximum Gasteiger partial charge on any atom is 0.249 e. The Hall–Kier alpha value is -2.38. The highest BCUT2D eigenvalue weighted by molar-refractivity contribution is 5.79. The molecule has 0 aliphatic heterocycles. The summed E-state index contributed by atoms with van der Waals surface area (Å²) in [5.74, 6) is -4.05. The van der Waals surface area contributed by atoms with Crippen LogP contribution in [0.25, 0.3) is 11.4 Å². The quantitative estimate of drug-likeness (QED) is 0.926. The zero-order chi connectivity index (χ0) is 17.3. The van der Waals surface area contributed by atoms with E-state index >= 15 is 0 Å². The van der Waals surface area contributed by atoms with Gasteiger partial charge in [0.2, 0.25) is 23.5 Å². The smallest absolute Gasteiger partial charge is 0.249 e. The molecule has 2 unspecified atom stereocenters. The Balaban J connectivity index is 1.66. The van der Waals surface area contributed by atoms with Crippen LogP contribution in [-0.2, 0) is 4.79 Å². The number of benzene rings is 1. The van der Waals surface area contributed by atoms with Gasteiger partial charge in [0.05, 0.1) is 0 Å². The zero-order valence-electron chi connectivity index (χ0n) is 12.9. The number of rotatable bonds is 4. The molecule has 5 nitrogen and oxygen atoms in total. The van der Waals surface area contributed by atoms with Gasteiger partial charge in [0.1, 0.15) is 11.9 Å². The van der Waals surface area contributed by atoms with Crippen LogP contribution in [0.5, 0.6) is 0 Å². The Morgan fingerprint density at radius 1 is 1.46 bits per heavy atom. The van der Waals surface area contributed by atoms with E-state index in [-0.39, 0.29) is 24.6 Å². The van der Waals surface area contributed by atoms with Crippen molar-refractivity contribution in [1.82, 2.24) is 15.5 Å². The second kappa shape index (κ2) is 6.26. The molecule has 128 valence electrons. The van der Waals surface area contributed by atoms with Gasteiger partial charge in [-0.3, -0.25) is 4.79 Å². The minimum absolute atomic E-state index is 0.132. The molecule has 0 bridgehead atoms. The molecular formula is C16H16F3N3O2. The summed E-state index contributed by atoms with van der Waals surface area (Å²) in [4.78, 5) is 16.2. The summed E-state index contributed by atoms with van der Waals surface area (Å²) < 4.78 is 44.7. The van der Waals surface area contributed by atoms with Crippen LogP contribution in [0.3, 0.4) is 0 Å². The van der Waals surface area contributed by atoms with Gasteiger partial charge >= 0.3 is 0 Å². The predicted octanol–water partition coefficient (Wildman–Crippen LogP) is 3.49. The molecule has 1 aromatic heterocycles. The van der Waals surface area contributed by atoms with E-state index < -0.39 is 36.0 Å². The third-order valence-corrected chi connectivity index (χ3v) is 4.03. The van der Waals surface area contributed by atoms with E-state index in [2.05, 4.69) is 15.5 Å².